The van der Waals surface area contributed by atoms with Crippen molar-refractivity contribution in [1.29, 1.82) is 0 Å². The maximum absolute atomic E-state index is 14.3. The molecule has 1 aromatic heterocycles. The number of hydrogen-bond donors (Lipinski definition) is 2. The lowest BCUT2D eigenvalue weighted by Crippen LogP contribution is -2.57. The molecular weight excluding hydrogens is 666 g/mol. The van der Waals surface area contributed by atoms with Crippen LogP contribution in [0, 0.1) is 11.8 Å². The van der Waals surface area contributed by atoms with Gasteiger partial charge in [0.15, 0.2) is 17.8 Å². The quantitative estimate of drug-likeness (QED) is 0.246. The van der Waals surface area contributed by atoms with Crippen LogP contribution in [0.15, 0.2) is 71.8 Å². The molecule has 50 heavy (non-hydrogen) atoms. The Morgan fingerprint density at radius 1 is 1.00 bits per heavy atom. The number of carbonyl (C=O) groups is 1. The van der Waals surface area contributed by atoms with Crippen LogP contribution in [0.25, 0.3) is 0 Å². The minimum Gasteiger partial charge on any atom is -0.487 e. The Labute approximate surface area is 291 Å². The first kappa shape index (κ1) is 34.5. The highest BCUT2D eigenvalue weighted by Gasteiger charge is 2.49. The molecule has 0 unspecified atom stereocenters. The number of pyridine rings is 1. The average molecular weight is 710 g/mol. The van der Waals surface area contributed by atoms with Gasteiger partial charge in [0.1, 0.15) is 12.4 Å². The van der Waals surface area contributed by atoms with Crippen molar-refractivity contribution in [2.45, 2.75) is 74.5 Å². The third-order valence-electron chi connectivity index (χ3n) is 10.2. The molecule has 7 rings (SSSR count). The molecule has 268 valence electrons. The van der Waals surface area contributed by atoms with E-state index in [9.17, 15) is 23.4 Å². The van der Waals surface area contributed by atoms with Crippen molar-refractivity contribution in [2.75, 3.05) is 33.1 Å². The van der Waals surface area contributed by atoms with E-state index in [-0.39, 0.29) is 56.2 Å². The molecule has 4 aliphatic rings. The number of amides is 1. The van der Waals surface area contributed by atoms with Crippen molar-refractivity contribution < 1.29 is 47.1 Å². The fourth-order valence-electron chi connectivity index (χ4n) is 7.55. The Bertz CT molecular complexity index is 1720. The summed E-state index contributed by atoms with van der Waals surface area (Å²) in [5, 5.41) is 22.8. The molecular formula is C36H43N3O10S. The maximum atomic E-state index is 14.3. The summed E-state index contributed by atoms with van der Waals surface area (Å²) in [6, 6.07) is 15.8. The zero-order valence-corrected chi connectivity index (χ0v) is 28.5. The molecule has 3 aliphatic heterocycles. The predicted octanol–water partition coefficient (Wildman–Crippen LogP) is 4.28. The van der Waals surface area contributed by atoms with Gasteiger partial charge in [-0.2, -0.15) is 4.31 Å². The minimum atomic E-state index is -4.12. The number of aliphatic hydroxyl groups excluding tert-OH is 1. The standard InChI is InChI=1S/C36H43N3O10S/c40-32(20-38(19-25-5-1-2-6-25)50(43,44)28-12-13-33-34(18-28)49-23-48-33)30(39(36(41)42)31-22-47-35-29(31)14-16-45-35)17-24-8-10-27(11-9-24)46-21-26-7-3-4-15-37-26/h3-4,7-13,15,18,25,29-32,35,40H,1-2,5-6,14,16-17,19-23H2,(H,41,42)/t29-,30-,31-,32+,35+/m0/s1. The highest BCUT2D eigenvalue weighted by atomic mass is 32.2. The first-order chi connectivity index (χ1) is 24.3. The first-order valence-corrected chi connectivity index (χ1v) is 18.6. The highest BCUT2D eigenvalue weighted by molar-refractivity contribution is 7.89. The van der Waals surface area contributed by atoms with Crippen molar-refractivity contribution in [3.63, 3.8) is 0 Å². The molecule has 2 aromatic carbocycles. The number of aliphatic hydroxyl groups is 1. The number of aromatic nitrogens is 1. The molecule has 0 radical (unpaired) electrons. The lowest BCUT2D eigenvalue weighted by atomic mass is 9.93. The lowest BCUT2D eigenvalue weighted by molar-refractivity contribution is -0.0906. The Morgan fingerprint density at radius 3 is 2.56 bits per heavy atom. The van der Waals surface area contributed by atoms with Crippen molar-refractivity contribution in [1.82, 2.24) is 14.2 Å². The topological polar surface area (TPSA) is 157 Å². The molecule has 1 amide bonds. The highest BCUT2D eigenvalue weighted by Crippen LogP contribution is 2.38. The lowest BCUT2D eigenvalue weighted by Gasteiger charge is -2.39. The van der Waals surface area contributed by atoms with Gasteiger partial charge in [-0.05, 0) is 73.6 Å². The Balaban J connectivity index is 1.17. The van der Waals surface area contributed by atoms with Crippen LogP contribution in [-0.4, -0.2) is 96.5 Å². The summed E-state index contributed by atoms with van der Waals surface area (Å²) in [5.74, 6) is 1.33. The average Bonchev–Trinajstić information content (AvgIpc) is 3.94. The van der Waals surface area contributed by atoms with Gasteiger partial charge in [-0.15, -0.1) is 0 Å². The summed E-state index contributed by atoms with van der Waals surface area (Å²) in [5.41, 5.74) is 1.53. The zero-order chi connectivity index (χ0) is 34.7. The summed E-state index contributed by atoms with van der Waals surface area (Å²) in [7, 11) is -4.12. The van der Waals surface area contributed by atoms with E-state index in [0.717, 1.165) is 36.9 Å². The summed E-state index contributed by atoms with van der Waals surface area (Å²) < 4.78 is 58.2. The molecule has 3 fully saturated rings. The molecule has 0 bridgehead atoms. The zero-order valence-electron chi connectivity index (χ0n) is 27.7. The maximum Gasteiger partial charge on any atom is 0.407 e. The second kappa shape index (κ2) is 15.1. The number of sulfonamides is 1. The molecule has 2 N–H and O–H groups in total. The van der Waals surface area contributed by atoms with E-state index in [2.05, 4.69) is 4.98 Å². The second-order valence-electron chi connectivity index (χ2n) is 13.4. The first-order valence-electron chi connectivity index (χ1n) is 17.2. The molecule has 1 saturated carbocycles. The van der Waals surface area contributed by atoms with E-state index in [0.29, 0.717) is 30.3 Å². The second-order valence-corrected chi connectivity index (χ2v) is 15.3. The van der Waals surface area contributed by atoms with E-state index in [1.165, 1.54) is 21.3 Å². The van der Waals surface area contributed by atoms with Gasteiger partial charge in [0.25, 0.3) is 0 Å². The van der Waals surface area contributed by atoms with Crippen LogP contribution in [0.1, 0.15) is 43.4 Å². The summed E-state index contributed by atoms with van der Waals surface area (Å²) in [6.45, 7) is 0.772. The summed E-state index contributed by atoms with van der Waals surface area (Å²) in [4.78, 5) is 18.7. The third-order valence-corrected chi connectivity index (χ3v) is 12.0. The van der Waals surface area contributed by atoms with E-state index in [1.807, 2.05) is 30.3 Å². The van der Waals surface area contributed by atoms with Crippen LogP contribution in [0.3, 0.4) is 0 Å². The van der Waals surface area contributed by atoms with Crippen molar-refractivity contribution in [3.8, 4) is 17.2 Å². The SMILES string of the molecule is O=C(O)N([C@H]1CO[C@H]2OCC[C@H]21)[C@@H](Cc1ccc(OCc2ccccn2)cc1)[C@H](O)CN(CC1CCCC1)S(=O)(=O)c1ccc2c(c1)OCO2. The minimum absolute atomic E-state index is 0.00511. The molecule has 5 atom stereocenters. The largest absolute Gasteiger partial charge is 0.487 e. The van der Waals surface area contributed by atoms with Crippen LogP contribution >= 0.6 is 0 Å². The van der Waals surface area contributed by atoms with Crippen LogP contribution in [0.2, 0.25) is 0 Å². The van der Waals surface area contributed by atoms with Crippen molar-refractivity contribution in [3.05, 3.63) is 78.1 Å². The van der Waals surface area contributed by atoms with E-state index in [1.54, 1.807) is 24.4 Å². The fourth-order valence-corrected chi connectivity index (χ4v) is 9.10. The van der Waals surface area contributed by atoms with Crippen molar-refractivity contribution in [2.24, 2.45) is 11.8 Å². The number of fused-ring (bicyclic) bond motifs is 2. The van der Waals surface area contributed by atoms with Crippen LogP contribution in [0.5, 0.6) is 17.2 Å². The number of benzene rings is 2. The fraction of sp³-hybridized carbons (Fsp3) is 0.500. The number of carboxylic acid groups (broad SMARTS) is 1. The number of hydrogen-bond acceptors (Lipinski definition) is 10. The predicted molar refractivity (Wildman–Crippen MR) is 179 cm³/mol. The van der Waals surface area contributed by atoms with Gasteiger partial charge in [-0.25, -0.2) is 13.2 Å². The molecule has 4 heterocycles. The van der Waals surface area contributed by atoms with Gasteiger partial charge in [-0.1, -0.05) is 31.0 Å². The molecule has 1 aliphatic carbocycles. The normalized spacial score (nSPS) is 22.8. The monoisotopic (exact) mass is 709 g/mol. The van der Waals surface area contributed by atoms with Gasteiger partial charge in [0, 0.05) is 31.3 Å². The van der Waals surface area contributed by atoms with Gasteiger partial charge in [0.2, 0.25) is 16.8 Å². The Hall–Kier alpha value is -3.95. The molecule has 0 spiro atoms. The van der Waals surface area contributed by atoms with Gasteiger partial charge < -0.3 is 33.9 Å². The summed E-state index contributed by atoms with van der Waals surface area (Å²) >= 11 is 0. The van der Waals surface area contributed by atoms with E-state index >= 15 is 0 Å². The molecule has 14 heteroatoms. The molecule has 13 nitrogen and oxygen atoms in total. The van der Waals surface area contributed by atoms with E-state index in [4.69, 9.17) is 23.7 Å². The number of ether oxygens (including phenoxy) is 5. The number of rotatable bonds is 14. The van der Waals surface area contributed by atoms with Crippen LogP contribution in [-0.2, 0) is 32.5 Å². The Kier molecular flexibility index (Phi) is 10.4. The number of nitrogens with zero attached hydrogens (tertiary/aromatic N) is 3. The van der Waals surface area contributed by atoms with Gasteiger partial charge in [0.05, 0.1) is 42.0 Å². The van der Waals surface area contributed by atoms with Gasteiger partial charge in [-0.3, -0.25) is 9.88 Å². The van der Waals surface area contributed by atoms with Gasteiger partial charge >= 0.3 is 6.09 Å². The van der Waals surface area contributed by atoms with E-state index < -0.39 is 40.6 Å². The smallest absolute Gasteiger partial charge is 0.407 e. The Morgan fingerprint density at radius 2 is 1.80 bits per heavy atom. The third kappa shape index (κ3) is 7.54. The molecule has 2 saturated heterocycles. The van der Waals surface area contributed by atoms with Crippen molar-refractivity contribution >= 4 is 16.1 Å². The van der Waals surface area contributed by atoms with Crippen LogP contribution < -0.4 is 14.2 Å². The summed E-state index contributed by atoms with van der Waals surface area (Å²) in [6.07, 6.45) is 3.12. The molecule has 3 aromatic rings. The van der Waals surface area contributed by atoms with Crippen LogP contribution in [0.4, 0.5) is 4.79 Å².